The van der Waals surface area contributed by atoms with Crippen molar-refractivity contribution in [1.29, 1.82) is 5.26 Å². The van der Waals surface area contributed by atoms with Crippen LogP contribution in [0.25, 0.3) is 0 Å². The number of nitrogens with one attached hydrogen (secondary N) is 1. The number of benzene rings is 2. The highest BCUT2D eigenvalue weighted by Crippen LogP contribution is 2.28. The van der Waals surface area contributed by atoms with E-state index in [1.807, 2.05) is 6.07 Å². The SMILES string of the molecule is Cc1ccc(C#N)cc1S(=O)(=O)Nc1c(C)cccc1Cl. The van der Waals surface area contributed by atoms with Gasteiger partial charge in [0.25, 0.3) is 10.0 Å². The van der Waals surface area contributed by atoms with Gasteiger partial charge in [-0.15, -0.1) is 0 Å². The average molecular weight is 321 g/mol. The number of rotatable bonds is 3. The highest BCUT2D eigenvalue weighted by molar-refractivity contribution is 7.92. The summed E-state index contributed by atoms with van der Waals surface area (Å²) in [6.45, 7) is 3.44. The van der Waals surface area contributed by atoms with Crippen LogP contribution in [0.2, 0.25) is 5.02 Å². The van der Waals surface area contributed by atoms with Crippen LogP contribution in [-0.4, -0.2) is 8.42 Å². The van der Waals surface area contributed by atoms with Crippen molar-refractivity contribution in [2.45, 2.75) is 18.7 Å². The fourth-order valence-electron chi connectivity index (χ4n) is 1.91. The number of nitrogens with zero attached hydrogens (tertiary/aromatic N) is 1. The summed E-state index contributed by atoms with van der Waals surface area (Å²) < 4.78 is 27.5. The normalized spacial score (nSPS) is 11.0. The van der Waals surface area contributed by atoms with Crippen LogP contribution in [0.1, 0.15) is 16.7 Å². The molecule has 0 aliphatic rings. The molecule has 0 saturated carbocycles. The van der Waals surface area contributed by atoms with Gasteiger partial charge >= 0.3 is 0 Å². The molecule has 1 N–H and O–H groups in total. The second-order valence-corrected chi connectivity index (χ2v) is 6.69. The molecular formula is C15H13ClN2O2S. The Morgan fingerprint density at radius 1 is 1.14 bits per heavy atom. The standard InChI is InChI=1S/C15H13ClN2O2S/c1-10-6-7-12(9-17)8-14(10)21(19,20)18-15-11(2)4-3-5-13(15)16/h3-8,18H,1-2H3. The van der Waals surface area contributed by atoms with Crippen LogP contribution in [0.4, 0.5) is 5.69 Å². The van der Waals surface area contributed by atoms with E-state index in [2.05, 4.69) is 4.72 Å². The van der Waals surface area contributed by atoms with Crippen molar-refractivity contribution in [3.8, 4) is 6.07 Å². The number of aryl methyl sites for hydroxylation is 2. The third kappa shape index (κ3) is 3.18. The molecule has 0 aromatic heterocycles. The Morgan fingerprint density at radius 2 is 1.86 bits per heavy atom. The van der Waals surface area contributed by atoms with Crippen LogP contribution in [0, 0.1) is 25.2 Å². The molecule has 6 heteroatoms. The Labute approximate surface area is 129 Å². The fourth-order valence-corrected chi connectivity index (χ4v) is 3.66. The van der Waals surface area contributed by atoms with Gasteiger partial charge in [-0.3, -0.25) is 4.72 Å². The van der Waals surface area contributed by atoms with E-state index in [0.717, 1.165) is 5.56 Å². The van der Waals surface area contributed by atoms with E-state index in [-0.39, 0.29) is 10.5 Å². The Balaban J connectivity index is 2.51. The minimum atomic E-state index is -3.81. The van der Waals surface area contributed by atoms with Gasteiger partial charge in [-0.2, -0.15) is 5.26 Å². The van der Waals surface area contributed by atoms with Crippen LogP contribution in [-0.2, 0) is 10.0 Å². The first-order chi connectivity index (χ1) is 9.85. The minimum absolute atomic E-state index is 0.0702. The van der Waals surface area contributed by atoms with Crippen LogP contribution in [0.15, 0.2) is 41.3 Å². The topological polar surface area (TPSA) is 70.0 Å². The van der Waals surface area contributed by atoms with E-state index in [1.165, 1.54) is 6.07 Å². The molecule has 2 aromatic carbocycles. The van der Waals surface area contributed by atoms with Gasteiger partial charge < -0.3 is 0 Å². The van der Waals surface area contributed by atoms with Crippen molar-refractivity contribution in [3.63, 3.8) is 0 Å². The van der Waals surface area contributed by atoms with Crippen LogP contribution in [0.5, 0.6) is 0 Å². The molecule has 0 saturated heterocycles. The summed E-state index contributed by atoms with van der Waals surface area (Å²) in [7, 11) is -3.81. The van der Waals surface area contributed by atoms with Crippen LogP contribution in [0.3, 0.4) is 0 Å². The molecule has 0 radical (unpaired) electrons. The predicted octanol–water partition coefficient (Wildman–Crippen LogP) is 3.63. The van der Waals surface area contributed by atoms with Crippen LogP contribution >= 0.6 is 11.6 Å². The quantitative estimate of drug-likeness (QED) is 0.938. The highest BCUT2D eigenvalue weighted by Gasteiger charge is 2.19. The van der Waals surface area contributed by atoms with Crippen molar-refractivity contribution in [1.82, 2.24) is 0 Å². The second-order valence-electron chi connectivity index (χ2n) is 4.63. The summed E-state index contributed by atoms with van der Waals surface area (Å²) in [5.74, 6) is 0. The van der Waals surface area contributed by atoms with E-state index >= 15 is 0 Å². The molecular weight excluding hydrogens is 308 g/mol. The zero-order valence-electron chi connectivity index (χ0n) is 11.5. The Morgan fingerprint density at radius 3 is 2.48 bits per heavy atom. The van der Waals surface area contributed by atoms with E-state index in [9.17, 15) is 8.42 Å². The molecule has 21 heavy (non-hydrogen) atoms. The van der Waals surface area contributed by atoms with Gasteiger partial charge in [0.1, 0.15) is 0 Å². The molecule has 0 heterocycles. The third-order valence-corrected chi connectivity index (χ3v) is 4.87. The summed E-state index contributed by atoms with van der Waals surface area (Å²) in [5.41, 5.74) is 1.92. The molecule has 0 bridgehead atoms. The summed E-state index contributed by atoms with van der Waals surface area (Å²) in [6, 6.07) is 11.6. The van der Waals surface area contributed by atoms with E-state index in [1.54, 1.807) is 44.2 Å². The highest BCUT2D eigenvalue weighted by atomic mass is 35.5. The molecule has 0 fully saturated rings. The lowest BCUT2D eigenvalue weighted by Crippen LogP contribution is -2.15. The average Bonchev–Trinajstić information content (AvgIpc) is 2.43. The first-order valence-electron chi connectivity index (χ1n) is 6.14. The first-order valence-corrected chi connectivity index (χ1v) is 8.00. The Kier molecular flexibility index (Phi) is 4.21. The minimum Gasteiger partial charge on any atom is -0.278 e. The van der Waals surface area contributed by atoms with Gasteiger partial charge in [0.15, 0.2) is 0 Å². The molecule has 4 nitrogen and oxygen atoms in total. The smallest absolute Gasteiger partial charge is 0.262 e. The predicted molar refractivity (Wildman–Crippen MR) is 82.9 cm³/mol. The van der Waals surface area contributed by atoms with Gasteiger partial charge in [-0.25, -0.2) is 8.42 Å². The van der Waals surface area contributed by atoms with Gasteiger partial charge in [-0.1, -0.05) is 29.8 Å². The van der Waals surface area contributed by atoms with Crippen molar-refractivity contribution in [3.05, 3.63) is 58.1 Å². The van der Waals surface area contributed by atoms with Gasteiger partial charge in [0.2, 0.25) is 0 Å². The summed E-state index contributed by atoms with van der Waals surface area (Å²) in [5, 5.41) is 9.24. The lowest BCUT2D eigenvalue weighted by Gasteiger charge is -2.13. The maximum absolute atomic E-state index is 12.5. The lowest BCUT2D eigenvalue weighted by atomic mass is 10.2. The van der Waals surface area contributed by atoms with Crippen molar-refractivity contribution >= 4 is 27.3 Å². The van der Waals surface area contributed by atoms with E-state index in [0.29, 0.717) is 16.3 Å². The first kappa shape index (κ1) is 15.4. The van der Waals surface area contributed by atoms with Gasteiger partial charge in [0, 0.05) is 0 Å². The number of sulfonamides is 1. The second kappa shape index (κ2) is 5.76. The van der Waals surface area contributed by atoms with Crippen LogP contribution < -0.4 is 4.72 Å². The Bertz CT molecular complexity index is 819. The zero-order chi connectivity index (χ0) is 15.6. The van der Waals surface area contributed by atoms with E-state index < -0.39 is 10.0 Å². The summed E-state index contributed by atoms with van der Waals surface area (Å²) >= 11 is 6.04. The van der Waals surface area contributed by atoms with Gasteiger partial charge in [0.05, 0.1) is 27.2 Å². The van der Waals surface area contributed by atoms with Gasteiger partial charge in [-0.05, 0) is 43.2 Å². The summed E-state index contributed by atoms with van der Waals surface area (Å²) in [4.78, 5) is 0.0702. The summed E-state index contributed by atoms with van der Waals surface area (Å²) in [6.07, 6.45) is 0. The van der Waals surface area contributed by atoms with Crippen molar-refractivity contribution < 1.29 is 8.42 Å². The molecule has 0 aliphatic carbocycles. The maximum Gasteiger partial charge on any atom is 0.262 e. The molecule has 2 rings (SSSR count). The third-order valence-electron chi connectivity index (χ3n) is 3.07. The number of halogens is 1. The number of anilines is 1. The zero-order valence-corrected chi connectivity index (χ0v) is 13.1. The molecule has 0 atom stereocenters. The number of nitriles is 1. The number of hydrogen-bond donors (Lipinski definition) is 1. The van der Waals surface area contributed by atoms with E-state index in [4.69, 9.17) is 16.9 Å². The molecule has 0 amide bonds. The number of hydrogen-bond acceptors (Lipinski definition) is 3. The molecule has 108 valence electrons. The molecule has 0 aliphatic heterocycles. The maximum atomic E-state index is 12.5. The largest absolute Gasteiger partial charge is 0.278 e. The fraction of sp³-hybridized carbons (Fsp3) is 0.133. The molecule has 0 unspecified atom stereocenters. The monoisotopic (exact) mass is 320 g/mol. The Hall–Kier alpha value is -2.03. The molecule has 0 spiro atoms. The molecule has 2 aromatic rings. The lowest BCUT2D eigenvalue weighted by molar-refractivity contribution is 0.600. The van der Waals surface area contributed by atoms with Crippen molar-refractivity contribution in [2.24, 2.45) is 0 Å². The van der Waals surface area contributed by atoms with Crippen molar-refractivity contribution in [2.75, 3.05) is 4.72 Å². The number of para-hydroxylation sites is 1.